The van der Waals surface area contributed by atoms with Crippen molar-refractivity contribution in [3.8, 4) is 11.1 Å². The van der Waals surface area contributed by atoms with Gasteiger partial charge in [-0.3, -0.25) is 0 Å². The molecule has 94 valence electrons. The van der Waals surface area contributed by atoms with E-state index < -0.39 is 0 Å². The minimum atomic E-state index is -0.308. The van der Waals surface area contributed by atoms with Crippen LogP contribution in [0.5, 0.6) is 0 Å². The lowest BCUT2D eigenvalue weighted by atomic mass is 10.0. The molecule has 0 radical (unpaired) electrons. The molecule has 0 spiro atoms. The molecule has 0 aliphatic rings. The van der Waals surface area contributed by atoms with Crippen molar-refractivity contribution in [2.24, 2.45) is 0 Å². The largest absolute Gasteiger partial charge is 0.461 e. The Kier molecular flexibility index (Phi) is 3.82. The van der Waals surface area contributed by atoms with E-state index in [0.717, 1.165) is 17.5 Å². The number of nitrogens with one attached hydrogen (secondary N) is 1. The highest BCUT2D eigenvalue weighted by molar-refractivity contribution is 5.95. The van der Waals surface area contributed by atoms with Crippen LogP contribution in [0.2, 0.25) is 0 Å². The average molecular weight is 243 g/mol. The number of H-pyrrole nitrogens is 1. The number of hydrogen-bond acceptors (Lipinski definition) is 2. The second-order valence-electron chi connectivity index (χ2n) is 4.04. The van der Waals surface area contributed by atoms with E-state index in [4.69, 9.17) is 4.74 Å². The molecule has 0 fully saturated rings. The molecule has 0 bridgehead atoms. The molecular weight excluding hydrogens is 226 g/mol. The second kappa shape index (κ2) is 5.54. The number of rotatable bonds is 4. The van der Waals surface area contributed by atoms with Gasteiger partial charge in [-0.25, -0.2) is 4.79 Å². The minimum Gasteiger partial charge on any atom is -0.461 e. The minimum absolute atomic E-state index is 0.308. The van der Waals surface area contributed by atoms with Crippen LogP contribution in [0.15, 0.2) is 36.5 Å². The van der Waals surface area contributed by atoms with Crippen LogP contribution < -0.4 is 0 Å². The number of carbonyl (C=O) groups is 1. The summed E-state index contributed by atoms with van der Waals surface area (Å²) in [6.07, 6.45) is 2.77. The highest BCUT2D eigenvalue weighted by Gasteiger charge is 2.14. The van der Waals surface area contributed by atoms with Crippen molar-refractivity contribution in [1.82, 2.24) is 4.98 Å². The molecule has 0 saturated heterocycles. The second-order valence-corrected chi connectivity index (χ2v) is 4.04. The summed E-state index contributed by atoms with van der Waals surface area (Å²) in [6, 6.07) is 10.1. The fourth-order valence-corrected chi connectivity index (χ4v) is 1.90. The summed E-state index contributed by atoms with van der Waals surface area (Å²) in [6.45, 7) is 4.30. The maximum atomic E-state index is 11.8. The molecule has 0 atom stereocenters. The van der Waals surface area contributed by atoms with Crippen LogP contribution in [0.1, 0.15) is 29.9 Å². The first kappa shape index (κ1) is 12.4. The van der Waals surface area contributed by atoms with Crippen LogP contribution in [0, 0.1) is 0 Å². The van der Waals surface area contributed by atoms with Crippen LogP contribution in [0.25, 0.3) is 11.1 Å². The molecule has 1 N–H and O–H groups in total. The number of aromatic amines is 1. The Morgan fingerprint density at radius 2 is 1.89 bits per heavy atom. The number of esters is 1. The van der Waals surface area contributed by atoms with E-state index in [1.807, 2.05) is 18.2 Å². The van der Waals surface area contributed by atoms with Gasteiger partial charge in [0.2, 0.25) is 0 Å². The van der Waals surface area contributed by atoms with Gasteiger partial charge in [-0.05, 0) is 30.5 Å². The zero-order valence-electron chi connectivity index (χ0n) is 10.7. The zero-order valence-corrected chi connectivity index (χ0v) is 10.7. The summed E-state index contributed by atoms with van der Waals surface area (Å²) in [5.74, 6) is -0.308. The molecule has 0 saturated carbocycles. The molecule has 3 nitrogen and oxygen atoms in total. The molecule has 0 aliphatic carbocycles. The summed E-state index contributed by atoms with van der Waals surface area (Å²) in [4.78, 5) is 14.7. The molecule has 1 aromatic carbocycles. The van der Waals surface area contributed by atoms with Crippen molar-refractivity contribution in [3.05, 3.63) is 47.8 Å². The summed E-state index contributed by atoms with van der Waals surface area (Å²) >= 11 is 0. The normalized spacial score (nSPS) is 10.3. The van der Waals surface area contributed by atoms with Crippen molar-refractivity contribution in [1.29, 1.82) is 0 Å². The number of hydrogen-bond donors (Lipinski definition) is 1. The van der Waals surface area contributed by atoms with Crippen LogP contribution in [0.3, 0.4) is 0 Å². The van der Waals surface area contributed by atoms with E-state index in [0.29, 0.717) is 12.3 Å². The Labute approximate surface area is 107 Å². The van der Waals surface area contributed by atoms with Crippen LogP contribution in [0.4, 0.5) is 0 Å². The van der Waals surface area contributed by atoms with Crippen molar-refractivity contribution >= 4 is 5.97 Å². The Bertz CT molecular complexity index is 526. The van der Waals surface area contributed by atoms with Gasteiger partial charge < -0.3 is 9.72 Å². The Morgan fingerprint density at radius 1 is 1.17 bits per heavy atom. The third-order valence-electron chi connectivity index (χ3n) is 2.90. The van der Waals surface area contributed by atoms with Gasteiger partial charge in [0.15, 0.2) is 0 Å². The van der Waals surface area contributed by atoms with Gasteiger partial charge in [-0.1, -0.05) is 31.2 Å². The predicted molar refractivity (Wildman–Crippen MR) is 71.6 cm³/mol. The fraction of sp³-hybridized carbons (Fsp3) is 0.267. The molecule has 0 aliphatic heterocycles. The molecule has 3 heteroatoms. The molecule has 2 aromatic rings. The lowest BCUT2D eigenvalue weighted by Crippen LogP contribution is -2.06. The standard InChI is InChI=1S/C15H17NO2/c1-3-11-5-7-12(8-6-11)13-9-10-16-14(13)15(17)18-4-2/h5-10,16H,3-4H2,1-2H3. The summed E-state index contributed by atoms with van der Waals surface area (Å²) in [5.41, 5.74) is 3.71. The first-order valence-electron chi connectivity index (χ1n) is 6.20. The van der Waals surface area contributed by atoms with Gasteiger partial charge in [0, 0.05) is 11.8 Å². The van der Waals surface area contributed by atoms with Gasteiger partial charge in [0.25, 0.3) is 0 Å². The quantitative estimate of drug-likeness (QED) is 0.836. The lowest BCUT2D eigenvalue weighted by molar-refractivity contribution is 0.0521. The van der Waals surface area contributed by atoms with E-state index in [1.54, 1.807) is 13.1 Å². The van der Waals surface area contributed by atoms with Gasteiger partial charge in [-0.2, -0.15) is 0 Å². The highest BCUT2D eigenvalue weighted by atomic mass is 16.5. The van der Waals surface area contributed by atoms with E-state index in [-0.39, 0.29) is 5.97 Å². The molecule has 2 rings (SSSR count). The Hall–Kier alpha value is -2.03. The van der Waals surface area contributed by atoms with E-state index in [1.165, 1.54) is 5.56 Å². The topological polar surface area (TPSA) is 42.1 Å². The first-order valence-corrected chi connectivity index (χ1v) is 6.20. The smallest absolute Gasteiger partial charge is 0.355 e. The van der Waals surface area contributed by atoms with E-state index in [2.05, 4.69) is 24.0 Å². The lowest BCUT2D eigenvalue weighted by Gasteiger charge is -2.05. The van der Waals surface area contributed by atoms with Crippen molar-refractivity contribution in [2.45, 2.75) is 20.3 Å². The summed E-state index contributed by atoms with van der Waals surface area (Å²) in [5, 5.41) is 0. The molecule has 0 amide bonds. The van der Waals surface area contributed by atoms with Crippen molar-refractivity contribution in [2.75, 3.05) is 6.61 Å². The third kappa shape index (κ3) is 2.45. The predicted octanol–water partition coefficient (Wildman–Crippen LogP) is 3.42. The zero-order chi connectivity index (χ0) is 13.0. The number of aryl methyl sites for hydroxylation is 1. The molecule has 1 heterocycles. The highest BCUT2D eigenvalue weighted by Crippen LogP contribution is 2.24. The molecule has 18 heavy (non-hydrogen) atoms. The number of carbonyl (C=O) groups excluding carboxylic acids is 1. The maximum Gasteiger partial charge on any atom is 0.355 e. The number of ether oxygens (including phenoxy) is 1. The Morgan fingerprint density at radius 3 is 2.50 bits per heavy atom. The van der Waals surface area contributed by atoms with Gasteiger partial charge in [-0.15, -0.1) is 0 Å². The van der Waals surface area contributed by atoms with E-state index >= 15 is 0 Å². The Balaban J connectivity index is 2.32. The van der Waals surface area contributed by atoms with Gasteiger partial charge >= 0.3 is 5.97 Å². The van der Waals surface area contributed by atoms with E-state index in [9.17, 15) is 4.79 Å². The number of aromatic nitrogens is 1. The number of benzene rings is 1. The van der Waals surface area contributed by atoms with Crippen molar-refractivity contribution in [3.63, 3.8) is 0 Å². The SMILES string of the molecule is CCOC(=O)c1[nH]ccc1-c1ccc(CC)cc1. The third-order valence-corrected chi connectivity index (χ3v) is 2.90. The molecule has 1 aromatic heterocycles. The maximum absolute atomic E-state index is 11.8. The molecule has 0 unspecified atom stereocenters. The molecular formula is C15H17NO2. The summed E-state index contributed by atoms with van der Waals surface area (Å²) < 4.78 is 5.02. The van der Waals surface area contributed by atoms with Crippen LogP contribution >= 0.6 is 0 Å². The van der Waals surface area contributed by atoms with Crippen LogP contribution in [-0.4, -0.2) is 17.6 Å². The van der Waals surface area contributed by atoms with Gasteiger partial charge in [0.05, 0.1) is 6.61 Å². The van der Waals surface area contributed by atoms with Crippen molar-refractivity contribution < 1.29 is 9.53 Å². The van der Waals surface area contributed by atoms with Crippen LogP contribution in [-0.2, 0) is 11.2 Å². The van der Waals surface area contributed by atoms with Gasteiger partial charge in [0.1, 0.15) is 5.69 Å². The average Bonchev–Trinajstić information content (AvgIpc) is 2.88. The fourth-order valence-electron chi connectivity index (χ4n) is 1.90. The summed E-state index contributed by atoms with van der Waals surface area (Å²) in [7, 11) is 0. The monoisotopic (exact) mass is 243 g/mol. The first-order chi connectivity index (χ1) is 8.76.